The summed E-state index contributed by atoms with van der Waals surface area (Å²) in [5.74, 6) is -0.509. The van der Waals surface area contributed by atoms with Crippen molar-refractivity contribution in [2.45, 2.75) is 20.8 Å². The van der Waals surface area contributed by atoms with Crippen molar-refractivity contribution in [3.63, 3.8) is 0 Å². The lowest BCUT2D eigenvalue weighted by atomic mass is 10.1. The van der Waals surface area contributed by atoms with E-state index in [1.807, 2.05) is 50.2 Å². The molecule has 0 saturated heterocycles. The molecule has 0 radical (unpaired) electrons. The Morgan fingerprint density at radius 2 is 1.89 bits per heavy atom. The first-order chi connectivity index (χ1) is 12.6. The van der Waals surface area contributed by atoms with E-state index in [-0.39, 0.29) is 6.54 Å². The van der Waals surface area contributed by atoms with Crippen molar-refractivity contribution in [2.24, 2.45) is 5.10 Å². The Kier molecular flexibility index (Phi) is 6.99. The van der Waals surface area contributed by atoms with Crippen LogP contribution >= 0.6 is 22.6 Å². The molecule has 8 heteroatoms. The number of carbonyl (C=O) groups excluding carboxylic acids is 1. The quantitative estimate of drug-likeness (QED) is 0.377. The van der Waals surface area contributed by atoms with E-state index in [1.54, 1.807) is 13.0 Å². The summed E-state index contributed by atoms with van der Waals surface area (Å²) in [5.41, 5.74) is 6.26. The summed E-state index contributed by atoms with van der Waals surface area (Å²) in [7, 11) is -3.62. The van der Waals surface area contributed by atoms with Crippen LogP contribution in [0.2, 0.25) is 0 Å². The molecule has 2 aromatic rings. The normalized spacial score (nSPS) is 12.0. The molecule has 2 rings (SSSR count). The number of hydrazone groups is 1. The van der Waals surface area contributed by atoms with Crippen LogP contribution in [0.3, 0.4) is 0 Å². The number of hydrogen-bond acceptors (Lipinski definition) is 4. The molecular weight excluding hydrogens is 477 g/mol. The molecule has 0 atom stereocenters. The van der Waals surface area contributed by atoms with Gasteiger partial charge >= 0.3 is 0 Å². The lowest BCUT2D eigenvalue weighted by molar-refractivity contribution is -0.119. The number of carbonyl (C=O) groups is 1. The number of hydrogen-bond donors (Lipinski definition) is 1. The van der Waals surface area contributed by atoms with Gasteiger partial charge in [0.15, 0.2) is 0 Å². The lowest BCUT2D eigenvalue weighted by Gasteiger charge is -2.23. The zero-order valence-corrected chi connectivity index (χ0v) is 18.6. The fraction of sp³-hybridized carbons (Fsp3) is 0.263. The molecule has 0 heterocycles. The Morgan fingerprint density at radius 3 is 2.48 bits per heavy atom. The van der Waals surface area contributed by atoms with Crippen molar-refractivity contribution in [3.8, 4) is 0 Å². The fourth-order valence-electron chi connectivity index (χ4n) is 2.56. The van der Waals surface area contributed by atoms with Gasteiger partial charge in [-0.15, -0.1) is 0 Å². The Labute approximate surface area is 173 Å². The van der Waals surface area contributed by atoms with Gasteiger partial charge in [-0.3, -0.25) is 9.10 Å². The van der Waals surface area contributed by atoms with Crippen molar-refractivity contribution in [1.82, 2.24) is 5.43 Å². The first kappa shape index (κ1) is 21.4. The molecule has 0 saturated carbocycles. The highest BCUT2D eigenvalue weighted by Gasteiger charge is 2.22. The Hall–Kier alpha value is -1.94. The second-order valence-electron chi connectivity index (χ2n) is 6.30. The molecule has 27 heavy (non-hydrogen) atoms. The van der Waals surface area contributed by atoms with Gasteiger partial charge in [0, 0.05) is 3.57 Å². The van der Waals surface area contributed by atoms with Crippen molar-refractivity contribution in [3.05, 3.63) is 62.7 Å². The molecule has 0 aliphatic rings. The number of halogens is 1. The first-order valence-electron chi connectivity index (χ1n) is 8.22. The molecule has 144 valence electrons. The summed E-state index contributed by atoms with van der Waals surface area (Å²) in [5, 5.41) is 4.09. The van der Waals surface area contributed by atoms with Crippen LogP contribution in [0.4, 0.5) is 5.69 Å². The second kappa shape index (κ2) is 8.83. The SMILES string of the molecule is C/C(=N/NC(=O)CN(c1ccc(C)cc1C)S(C)(=O)=O)c1cccc(I)c1. The van der Waals surface area contributed by atoms with Gasteiger partial charge < -0.3 is 0 Å². The smallest absolute Gasteiger partial charge is 0.260 e. The predicted molar refractivity (Wildman–Crippen MR) is 118 cm³/mol. The van der Waals surface area contributed by atoms with Crippen molar-refractivity contribution in [2.75, 3.05) is 17.1 Å². The maximum Gasteiger partial charge on any atom is 0.260 e. The molecule has 0 spiro atoms. The minimum Gasteiger partial charge on any atom is -0.271 e. The van der Waals surface area contributed by atoms with Crippen LogP contribution < -0.4 is 9.73 Å². The van der Waals surface area contributed by atoms with E-state index in [4.69, 9.17) is 0 Å². The minimum atomic E-state index is -3.62. The monoisotopic (exact) mass is 499 g/mol. The number of rotatable bonds is 6. The molecule has 6 nitrogen and oxygen atoms in total. The Balaban J connectivity index is 2.18. The van der Waals surface area contributed by atoms with Crippen LogP contribution in [-0.2, 0) is 14.8 Å². The zero-order chi connectivity index (χ0) is 20.2. The molecule has 1 amide bonds. The molecule has 1 N–H and O–H groups in total. The highest BCUT2D eigenvalue weighted by Crippen LogP contribution is 2.23. The maximum absolute atomic E-state index is 12.3. The number of sulfonamides is 1. The van der Waals surface area contributed by atoms with Gasteiger partial charge in [0.2, 0.25) is 10.0 Å². The highest BCUT2D eigenvalue weighted by atomic mass is 127. The van der Waals surface area contributed by atoms with E-state index >= 15 is 0 Å². The minimum absolute atomic E-state index is 0.341. The van der Waals surface area contributed by atoms with E-state index in [0.29, 0.717) is 11.4 Å². The number of nitrogens with one attached hydrogen (secondary N) is 1. The van der Waals surface area contributed by atoms with Gasteiger partial charge in [-0.1, -0.05) is 29.8 Å². The van der Waals surface area contributed by atoms with Crippen LogP contribution in [0.1, 0.15) is 23.6 Å². The van der Waals surface area contributed by atoms with Crippen LogP contribution in [0.15, 0.2) is 47.6 Å². The Bertz CT molecular complexity index is 987. The van der Waals surface area contributed by atoms with Gasteiger partial charge in [0.05, 0.1) is 17.7 Å². The van der Waals surface area contributed by atoms with Gasteiger partial charge in [-0.2, -0.15) is 5.10 Å². The Morgan fingerprint density at radius 1 is 1.19 bits per heavy atom. The average molecular weight is 499 g/mol. The van der Waals surface area contributed by atoms with E-state index in [0.717, 1.165) is 30.8 Å². The molecule has 0 unspecified atom stereocenters. The lowest BCUT2D eigenvalue weighted by Crippen LogP contribution is -2.39. The topological polar surface area (TPSA) is 78.8 Å². The average Bonchev–Trinajstić information content (AvgIpc) is 2.57. The molecular formula is C19H22IN3O3S. The second-order valence-corrected chi connectivity index (χ2v) is 9.45. The van der Waals surface area contributed by atoms with Gasteiger partial charge in [-0.05, 0) is 72.7 Å². The van der Waals surface area contributed by atoms with Crippen molar-refractivity contribution >= 4 is 49.9 Å². The first-order valence-corrected chi connectivity index (χ1v) is 11.1. The number of anilines is 1. The largest absolute Gasteiger partial charge is 0.271 e. The van der Waals surface area contributed by atoms with E-state index in [9.17, 15) is 13.2 Å². The molecule has 0 aliphatic carbocycles. The summed E-state index contributed by atoms with van der Waals surface area (Å²) < 4.78 is 26.6. The van der Waals surface area contributed by atoms with Crippen molar-refractivity contribution < 1.29 is 13.2 Å². The molecule has 0 fully saturated rings. The van der Waals surface area contributed by atoms with E-state index in [2.05, 4.69) is 33.1 Å². The molecule has 0 aliphatic heterocycles. The van der Waals surface area contributed by atoms with Crippen LogP contribution in [-0.4, -0.2) is 32.8 Å². The zero-order valence-electron chi connectivity index (χ0n) is 15.7. The summed E-state index contributed by atoms with van der Waals surface area (Å²) >= 11 is 2.20. The number of amides is 1. The molecule has 0 bridgehead atoms. The summed E-state index contributed by atoms with van der Waals surface area (Å²) in [6.07, 6.45) is 1.08. The van der Waals surface area contributed by atoms with Crippen LogP contribution in [0, 0.1) is 17.4 Å². The van der Waals surface area contributed by atoms with Gasteiger partial charge in [0.25, 0.3) is 5.91 Å². The third kappa shape index (κ3) is 6.03. The predicted octanol–water partition coefficient (Wildman–Crippen LogP) is 3.21. The fourth-order valence-corrected chi connectivity index (χ4v) is 4.01. The van der Waals surface area contributed by atoms with E-state index in [1.165, 1.54) is 0 Å². The summed E-state index contributed by atoms with van der Waals surface area (Å²) in [4.78, 5) is 12.3. The van der Waals surface area contributed by atoms with Gasteiger partial charge in [-0.25, -0.2) is 13.8 Å². The highest BCUT2D eigenvalue weighted by molar-refractivity contribution is 14.1. The standard InChI is InChI=1S/C19H22IN3O3S/c1-13-8-9-18(14(2)10-13)23(27(4,25)26)12-19(24)22-21-15(3)16-6-5-7-17(20)11-16/h5-11H,12H2,1-4H3,(H,22,24)/b21-15-. The van der Waals surface area contributed by atoms with Crippen LogP contribution in [0.25, 0.3) is 0 Å². The maximum atomic E-state index is 12.3. The molecule has 2 aromatic carbocycles. The number of benzene rings is 2. The number of aryl methyl sites for hydroxylation is 2. The third-order valence-corrected chi connectivity index (χ3v) is 5.70. The summed E-state index contributed by atoms with van der Waals surface area (Å²) in [6, 6.07) is 13.1. The van der Waals surface area contributed by atoms with Crippen LogP contribution in [0.5, 0.6) is 0 Å². The van der Waals surface area contributed by atoms with E-state index < -0.39 is 15.9 Å². The number of nitrogens with zero attached hydrogens (tertiary/aromatic N) is 2. The molecule has 0 aromatic heterocycles. The third-order valence-electron chi connectivity index (χ3n) is 3.90. The summed E-state index contributed by atoms with van der Waals surface area (Å²) in [6.45, 7) is 5.18. The van der Waals surface area contributed by atoms with Crippen molar-refractivity contribution in [1.29, 1.82) is 0 Å². The van der Waals surface area contributed by atoms with Gasteiger partial charge in [0.1, 0.15) is 6.54 Å².